The fourth-order valence-electron chi connectivity index (χ4n) is 1.88. The Morgan fingerprint density at radius 3 is 1.35 bits per heavy atom. The Labute approximate surface area is 104 Å². The molecule has 0 aliphatic rings. The van der Waals surface area contributed by atoms with E-state index in [1.807, 2.05) is 60.7 Å². The Balaban J connectivity index is 2.11. The molecule has 0 amide bonds. The Bertz CT molecular complexity index is 512. The van der Waals surface area contributed by atoms with Crippen molar-refractivity contribution in [2.24, 2.45) is 0 Å². The van der Waals surface area contributed by atoms with Crippen molar-refractivity contribution in [1.29, 1.82) is 0 Å². The van der Waals surface area contributed by atoms with Crippen LogP contribution in [0.1, 0.15) is 11.1 Å². The summed E-state index contributed by atoms with van der Waals surface area (Å²) >= 11 is -4.21. The number of hydrogen-bond acceptors (Lipinski definition) is 2. The van der Waals surface area contributed by atoms with Crippen LogP contribution in [0.25, 0.3) is 0 Å². The van der Waals surface area contributed by atoms with E-state index in [1.54, 1.807) is 0 Å². The third-order valence-electron chi connectivity index (χ3n) is 2.63. The van der Waals surface area contributed by atoms with Crippen molar-refractivity contribution < 1.29 is 23.2 Å². The van der Waals surface area contributed by atoms with E-state index in [9.17, 15) is 6.65 Å². The quantitative estimate of drug-likeness (QED) is 0.793. The Kier molecular flexibility index (Phi) is 3.87. The second-order valence-corrected chi connectivity index (χ2v) is 8.18. The van der Waals surface area contributed by atoms with Gasteiger partial charge in [0.25, 0.3) is 0 Å². The first-order valence-electron chi connectivity index (χ1n) is 5.64. The molecule has 86 valence electrons. The maximum absolute atomic E-state index is 12.1. The summed E-state index contributed by atoms with van der Waals surface area (Å²) in [6, 6.07) is 18.7. The predicted octanol–water partition coefficient (Wildman–Crippen LogP) is 3.23. The van der Waals surface area contributed by atoms with Crippen molar-refractivity contribution in [2.45, 2.75) is 9.45 Å². The normalized spacial score (nSPS) is 10.4. The third-order valence-corrected chi connectivity index (χ3v) is 5.59. The topological polar surface area (TPSA) is 34.1 Å². The molecule has 3 heteroatoms. The molecule has 0 radical (unpaired) electrons. The van der Waals surface area contributed by atoms with E-state index >= 15 is 0 Å². The van der Waals surface area contributed by atoms with Gasteiger partial charge < -0.3 is 0 Å². The van der Waals surface area contributed by atoms with Crippen molar-refractivity contribution in [1.82, 2.24) is 0 Å². The van der Waals surface area contributed by atoms with E-state index < -0.39 is 16.5 Å². The van der Waals surface area contributed by atoms with E-state index in [0.717, 1.165) is 11.1 Å². The molecule has 0 heterocycles. The SMILES string of the molecule is [O]=[Ti](=[O])([CH2]c1ccccc1)[CH2]c1ccccc1. The molecule has 0 spiro atoms. The van der Waals surface area contributed by atoms with Gasteiger partial charge in [-0.15, -0.1) is 0 Å². The molecule has 0 aliphatic heterocycles. The van der Waals surface area contributed by atoms with Gasteiger partial charge in [0.2, 0.25) is 0 Å². The molecule has 2 aromatic carbocycles. The minimum atomic E-state index is -4.21. The van der Waals surface area contributed by atoms with E-state index in [2.05, 4.69) is 0 Å². The van der Waals surface area contributed by atoms with Crippen molar-refractivity contribution in [3.63, 3.8) is 0 Å². The zero-order valence-electron chi connectivity index (χ0n) is 9.50. The fraction of sp³-hybridized carbons (Fsp3) is 0.143. The van der Waals surface area contributed by atoms with Gasteiger partial charge in [-0.1, -0.05) is 0 Å². The second-order valence-electron chi connectivity index (χ2n) is 4.24. The summed E-state index contributed by atoms with van der Waals surface area (Å²) in [5, 5.41) is 0. The van der Waals surface area contributed by atoms with E-state index in [4.69, 9.17) is 0 Å². The monoisotopic (exact) mass is 262 g/mol. The number of benzene rings is 2. The number of hydrogen-bond donors (Lipinski definition) is 0. The molecular formula is C14H14O2Ti. The summed E-state index contributed by atoms with van der Waals surface area (Å²) in [7, 11) is 0. The summed E-state index contributed by atoms with van der Waals surface area (Å²) < 4.78 is 24.6. The molecule has 0 bridgehead atoms. The molecule has 17 heavy (non-hydrogen) atoms. The average Bonchev–Trinajstić information content (AvgIpc) is 2.30. The average molecular weight is 262 g/mol. The molecule has 0 saturated carbocycles. The van der Waals surface area contributed by atoms with Crippen LogP contribution in [0.2, 0.25) is 0 Å². The first kappa shape index (κ1) is 12.2. The summed E-state index contributed by atoms with van der Waals surface area (Å²) in [6.07, 6.45) is 0. The summed E-state index contributed by atoms with van der Waals surface area (Å²) in [5.74, 6) is 0. The van der Waals surface area contributed by atoms with E-state index in [-0.39, 0.29) is 9.45 Å². The summed E-state index contributed by atoms with van der Waals surface area (Å²) in [5.41, 5.74) is 1.77. The van der Waals surface area contributed by atoms with E-state index in [1.165, 1.54) is 0 Å². The molecule has 2 nitrogen and oxygen atoms in total. The first-order valence-corrected chi connectivity index (χ1v) is 9.13. The molecular weight excluding hydrogens is 248 g/mol. The van der Waals surface area contributed by atoms with Crippen LogP contribution in [-0.2, 0) is 32.6 Å². The van der Waals surface area contributed by atoms with Gasteiger partial charge in [-0.05, 0) is 0 Å². The van der Waals surface area contributed by atoms with Gasteiger partial charge in [0.15, 0.2) is 0 Å². The van der Waals surface area contributed by atoms with Crippen LogP contribution in [0.3, 0.4) is 0 Å². The molecule has 0 saturated heterocycles. The Morgan fingerprint density at radius 2 is 1.00 bits per heavy atom. The molecule has 0 aromatic heterocycles. The van der Waals surface area contributed by atoms with Gasteiger partial charge in [-0.2, -0.15) is 0 Å². The van der Waals surface area contributed by atoms with Gasteiger partial charge >= 0.3 is 104 Å². The van der Waals surface area contributed by atoms with Gasteiger partial charge in [0, 0.05) is 0 Å². The van der Waals surface area contributed by atoms with E-state index in [0.29, 0.717) is 0 Å². The molecule has 0 N–H and O–H groups in total. The van der Waals surface area contributed by atoms with Crippen LogP contribution >= 0.6 is 0 Å². The van der Waals surface area contributed by atoms with Crippen molar-refractivity contribution in [3.8, 4) is 0 Å². The van der Waals surface area contributed by atoms with Gasteiger partial charge in [0.05, 0.1) is 0 Å². The summed E-state index contributed by atoms with van der Waals surface area (Å²) in [4.78, 5) is 0. The standard InChI is InChI=1S/2C7H7.2O.Ti/c2*1-7-5-3-2-4-6-7;;;/h2*2-6H,1H2;;;. The van der Waals surface area contributed by atoms with Gasteiger partial charge in [-0.3, -0.25) is 0 Å². The van der Waals surface area contributed by atoms with Crippen molar-refractivity contribution in [3.05, 3.63) is 71.8 Å². The van der Waals surface area contributed by atoms with Crippen LogP contribution in [0, 0.1) is 0 Å². The second kappa shape index (κ2) is 5.39. The maximum atomic E-state index is 12.1. The van der Waals surface area contributed by atoms with Crippen LogP contribution in [0.5, 0.6) is 0 Å². The zero-order chi connectivity index (χ0) is 12.1. The van der Waals surface area contributed by atoms with Gasteiger partial charge in [0.1, 0.15) is 0 Å². The summed E-state index contributed by atoms with van der Waals surface area (Å²) in [6.45, 7) is 0. The van der Waals surface area contributed by atoms with Crippen LogP contribution in [0.15, 0.2) is 60.7 Å². The zero-order valence-corrected chi connectivity index (χ0v) is 11.1. The van der Waals surface area contributed by atoms with Crippen molar-refractivity contribution in [2.75, 3.05) is 0 Å². The van der Waals surface area contributed by atoms with Crippen LogP contribution < -0.4 is 0 Å². The first-order chi connectivity index (χ1) is 8.16. The molecule has 0 unspecified atom stereocenters. The minimum absolute atomic E-state index is 0.204. The molecule has 2 aromatic rings. The number of rotatable bonds is 4. The Hall–Kier alpha value is -1.25. The molecule has 0 atom stereocenters. The van der Waals surface area contributed by atoms with Crippen LogP contribution in [0.4, 0.5) is 0 Å². The fourth-order valence-corrected chi connectivity index (χ4v) is 4.75. The third kappa shape index (κ3) is 3.92. The Morgan fingerprint density at radius 1 is 0.647 bits per heavy atom. The van der Waals surface area contributed by atoms with Crippen molar-refractivity contribution >= 4 is 0 Å². The predicted molar refractivity (Wildman–Crippen MR) is 61.7 cm³/mol. The van der Waals surface area contributed by atoms with Gasteiger partial charge in [-0.25, -0.2) is 0 Å². The molecule has 0 aliphatic carbocycles. The molecule has 2 rings (SSSR count). The van der Waals surface area contributed by atoms with Crippen LogP contribution in [-0.4, -0.2) is 0 Å². The molecule has 0 fully saturated rings.